The van der Waals surface area contributed by atoms with Crippen LogP contribution in [-0.2, 0) is 16.0 Å². The van der Waals surface area contributed by atoms with Gasteiger partial charge in [0.1, 0.15) is 17.1 Å². The predicted octanol–water partition coefficient (Wildman–Crippen LogP) is 5.36. The molecule has 0 saturated carbocycles. The highest BCUT2D eigenvalue weighted by Gasteiger charge is 2.25. The second-order valence-corrected chi connectivity index (χ2v) is 8.55. The SMILES string of the molecule is CC(C)N(C(=O)O/N=C1/C=C/CC/C=C/CCOC(=O)c2c(O)cc(O)c(Cl)c2C1)C(C)C. The van der Waals surface area contributed by atoms with Gasteiger partial charge in [-0.25, -0.2) is 9.59 Å². The van der Waals surface area contributed by atoms with Crippen molar-refractivity contribution in [1.82, 2.24) is 4.90 Å². The Balaban J connectivity index is 2.48. The molecule has 1 aromatic carbocycles. The molecule has 1 heterocycles. The number of allylic oxidation sites excluding steroid dienone is 3. The van der Waals surface area contributed by atoms with Crippen LogP contribution in [0.4, 0.5) is 4.79 Å². The standard InChI is InChI=1S/C24H31ClN2O6/c1-15(2)27(16(3)4)24(31)33-26-17-11-9-7-5-6-8-10-12-32-23(30)21-18(13-17)22(25)20(29)14-19(21)28/h6,8-9,11,14-16,28-29H,5,7,10,12-13H2,1-4H3/b8-6+,11-9+,26-17-. The van der Waals surface area contributed by atoms with E-state index in [0.29, 0.717) is 12.8 Å². The second kappa shape index (κ2) is 12.3. The van der Waals surface area contributed by atoms with Gasteiger partial charge in [-0.15, -0.1) is 0 Å². The highest BCUT2D eigenvalue weighted by atomic mass is 35.5. The highest BCUT2D eigenvalue weighted by molar-refractivity contribution is 6.33. The van der Waals surface area contributed by atoms with E-state index >= 15 is 0 Å². The third-order valence-corrected chi connectivity index (χ3v) is 5.36. The number of hydrogen-bond donors (Lipinski definition) is 2. The fraction of sp³-hybridized carbons (Fsp3) is 0.458. The zero-order chi connectivity index (χ0) is 24.5. The molecule has 1 aliphatic rings. The minimum absolute atomic E-state index is 0.0891. The lowest BCUT2D eigenvalue weighted by Gasteiger charge is -2.28. The number of carbonyl (C=O) groups excluding carboxylic acids is 2. The van der Waals surface area contributed by atoms with Gasteiger partial charge in [0, 0.05) is 24.6 Å². The largest absolute Gasteiger partial charge is 0.507 e. The van der Waals surface area contributed by atoms with Gasteiger partial charge >= 0.3 is 12.1 Å². The maximum absolute atomic E-state index is 12.7. The van der Waals surface area contributed by atoms with Gasteiger partial charge in [-0.2, -0.15) is 0 Å². The molecule has 2 rings (SSSR count). The van der Waals surface area contributed by atoms with Crippen molar-refractivity contribution in [3.63, 3.8) is 0 Å². The van der Waals surface area contributed by atoms with E-state index in [1.165, 1.54) is 4.90 Å². The number of halogens is 1. The molecule has 1 aromatic rings. The maximum atomic E-state index is 12.7. The molecule has 0 atom stereocenters. The summed E-state index contributed by atoms with van der Waals surface area (Å²) in [4.78, 5) is 32.0. The van der Waals surface area contributed by atoms with E-state index in [1.54, 1.807) is 6.08 Å². The number of amides is 1. The lowest BCUT2D eigenvalue weighted by molar-refractivity contribution is 0.0506. The van der Waals surface area contributed by atoms with E-state index in [9.17, 15) is 19.8 Å². The first-order valence-corrected chi connectivity index (χ1v) is 11.3. The van der Waals surface area contributed by atoms with Gasteiger partial charge in [0.25, 0.3) is 0 Å². The number of benzene rings is 1. The van der Waals surface area contributed by atoms with E-state index in [4.69, 9.17) is 21.2 Å². The van der Waals surface area contributed by atoms with Gasteiger partial charge in [-0.1, -0.05) is 35.0 Å². The zero-order valence-corrected chi connectivity index (χ0v) is 20.1. The van der Waals surface area contributed by atoms with Crippen molar-refractivity contribution < 1.29 is 29.4 Å². The summed E-state index contributed by atoms with van der Waals surface area (Å²) in [6.45, 7) is 7.61. The summed E-state index contributed by atoms with van der Waals surface area (Å²) in [5.41, 5.74) is 0.228. The van der Waals surface area contributed by atoms with Crippen LogP contribution >= 0.6 is 11.6 Å². The Morgan fingerprint density at radius 2 is 1.73 bits per heavy atom. The van der Waals surface area contributed by atoms with E-state index in [-0.39, 0.29) is 47.0 Å². The van der Waals surface area contributed by atoms with E-state index in [1.807, 2.05) is 45.9 Å². The number of nitrogens with zero attached hydrogens (tertiary/aromatic N) is 2. The number of phenolic OH excluding ortho intramolecular Hbond substituents is 2. The molecule has 0 spiro atoms. The summed E-state index contributed by atoms with van der Waals surface area (Å²) in [6, 6.07) is 0.798. The molecular weight excluding hydrogens is 448 g/mol. The Bertz CT molecular complexity index is 945. The summed E-state index contributed by atoms with van der Waals surface area (Å²) in [5, 5.41) is 24.4. The second-order valence-electron chi connectivity index (χ2n) is 8.17. The monoisotopic (exact) mass is 478 g/mol. The fourth-order valence-corrected chi connectivity index (χ4v) is 3.70. The van der Waals surface area contributed by atoms with Crippen LogP contribution in [0.3, 0.4) is 0 Å². The number of ether oxygens (including phenoxy) is 1. The third kappa shape index (κ3) is 7.25. The van der Waals surface area contributed by atoms with Crippen LogP contribution in [0, 0.1) is 0 Å². The Labute approximate surface area is 199 Å². The van der Waals surface area contributed by atoms with Crippen molar-refractivity contribution in [2.45, 2.75) is 65.5 Å². The topological polar surface area (TPSA) is 109 Å². The number of esters is 1. The summed E-state index contributed by atoms with van der Waals surface area (Å²) in [6.07, 6.45) is 8.70. The molecule has 9 heteroatoms. The van der Waals surface area contributed by atoms with Crippen LogP contribution in [0.15, 0.2) is 35.5 Å². The quantitative estimate of drug-likeness (QED) is 0.262. The molecule has 0 aromatic heterocycles. The van der Waals surface area contributed by atoms with Crippen molar-refractivity contribution in [1.29, 1.82) is 0 Å². The van der Waals surface area contributed by atoms with Crippen LogP contribution in [0.25, 0.3) is 0 Å². The van der Waals surface area contributed by atoms with Crippen LogP contribution in [0.2, 0.25) is 5.02 Å². The summed E-state index contributed by atoms with van der Waals surface area (Å²) < 4.78 is 5.27. The molecule has 2 N–H and O–H groups in total. The minimum Gasteiger partial charge on any atom is -0.507 e. The smallest absolute Gasteiger partial charge is 0.436 e. The van der Waals surface area contributed by atoms with Gasteiger partial charge in [-0.05, 0) is 58.6 Å². The van der Waals surface area contributed by atoms with Crippen molar-refractivity contribution in [3.05, 3.63) is 46.5 Å². The molecular formula is C24H31ClN2O6. The number of cyclic esters (lactones) is 1. The van der Waals surface area contributed by atoms with Crippen molar-refractivity contribution in [2.75, 3.05) is 6.61 Å². The van der Waals surface area contributed by atoms with Gasteiger partial charge in [0.05, 0.1) is 17.3 Å². The number of oxime groups is 1. The lowest BCUT2D eigenvalue weighted by atomic mass is 9.99. The normalized spacial score (nSPS) is 18.4. The number of phenols is 2. The highest BCUT2D eigenvalue weighted by Crippen LogP contribution is 2.37. The van der Waals surface area contributed by atoms with Crippen molar-refractivity contribution in [3.8, 4) is 11.5 Å². The molecule has 0 radical (unpaired) electrons. The van der Waals surface area contributed by atoms with Crippen LogP contribution in [0.5, 0.6) is 11.5 Å². The maximum Gasteiger partial charge on any atom is 0.436 e. The molecule has 0 aliphatic carbocycles. The van der Waals surface area contributed by atoms with Crippen LogP contribution in [0.1, 0.15) is 62.9 Å². The van der Waals surface area contributed by atoms with Gasteiger partial charge in [0.2, 0.25) is 0 Å². The first-order valence-electron chi connectivity index (χ1n) is 10.9. The first kappa shape index (κ1) is 26.3. The summed E-state index contributed by atoms with van der Waals surface area (Å²) in [5.74, 6) is -1.64. The lowest BCUT2D eigenvalue weighted by Crippen LogP contribution is -2.41. The van der Waals surface area contributed by atoms with E-state index < -0.39 is 23.6 Å². The molecule has 33 heavy (non-hydrogen) atoms. The number of rotatable bonds is 3. The Kier molecular flexibility index (Phi) is 9.78. The zero-order valence-electron chi connectivity index (χ0n) is 19.4. The first-order chi connectivity index (χ1) is 15.6. The number of fused-ring (bicyclic) bond motifs is 1. The Morgan fingerprint density at radius 3 is 2.39 bits per heavy atom. The number of hydrogen-bond acceptors (Lipinski definition) is 7. The Hall–Kier alpha value is -3.00. The summed E-state index contributed by atoms with van der Waals surface area (Å²) in [7, 11) is 0. The van der Waals surface area contributed by atoms with Crippen LogP contribution < -0.4 is 0 Å². The van der Waals surface area contributed by atoms with Crippen molar-refractivity contribution in [2.24, 2.45) is 5.16 Å². The van der Waals surface area contributed by atoms with Crippen molar-refractivity contribution >= 4 is 29.4 Å². The fourth-order valence-electron chi connectivity index (χ4n) is 3.48. The molecule has 1 amide bonds. The molecule has 0 saturated heterocycles. The van der Waals surface area contributed by atoms with Gasteiger partial charge < -0.3 is 19.8 Å². The molecule has 0 unspecified atom stereocenters. The number of carbonyl (C=O) groups is 2. The minimum atomic E-state index is -0.777. The van der Waals surface area contributed by atoms with Gasteiger partial charge in [0.15, 0.2) is 0 Å². The summed E-state index contributed by atoms with van der Waals surface area (Å²) >= 11 is 6.29. The predicted molar refractivity (Wildman–Crippen MR) is 127 cm³/mol. The van der Waals surface area contributed by atoms with Crippen LogP contribution in [-0.4, -0.2) is 51.6 Å². The van der Waals surface area contributed by atoms with E-state index in [2.05, 4.69) is 5.16 Å². The Morgan fingerprint density at radius 1 is 1.09 bits per heavy atom. The molecule has 0 bridgehead atoms. The van der Waals surface area contributed by atoms with E-state index in [0.717, 1.165) is 12.5 Å². The molecule has 8 nitrogen and oxygen atoms in total. The average Bonchev–Trinajstić information content (AvgIpc) is 2.72. The third-order valence-electron chi connectivity index (χ3n) is 4.94. The average molecular weight is 479 g/mol. The molecule has 180 valence electrons. The van der Waals surface area contributed by atoms with Gasteiger partial charge in [-0.3, -0.25) is 4.84 Å². The molecule has 1 aliphatic heterocycles. The number of aromatic hydroxyl groups is 2. The molecule has 0 fully saturated rings.